The standard InChI is InChI=1S/C20H25N5O2/c1-15(2)20-23-19(27-24-20)5-3-4-18(26)22-12-16-6-8-17(9-7-16)13-25-11-10-21-14-25/h6-11,14-15H,3-5,12-13H2,1-2H3,(H,22,26). The smallest absolute Gasteiger partial charge is 0.226 e. The van der Waals surface area contributed by atoms with E-state index in [1.54, 1.807) is 12.5 Å². The summed E-state index contributed by atoms with van der Waals surface area (Å²) in [6, 6.07) is 8.23. The van der Waals surface area contributed by atoms with Crippen LogP contribution in [0.4, 0.5) is 0 Å². The maximum absolute atomic E-state index is 12.0. The van der Waals surface area contributed by atoms with Gasteiger partial charge in [0, 0.05) is 44.2 Å². The van der Waals surface area contributed by atoms with Gasteiger partial charge in [-0.25, -0.2) is 4.98 Å². The molecule has 1 aromatic carbocycles. The maximum Gasteiger partial charge on any atom is 0.226 e. The Hall–Kier alpha value is -2.96. The van der Waals surface area contributed by atoms with Crippen molar-refractivity contribution in [3.05, 3.63) is 65.8 Å². The zero-order valence-corrected chi connectivity index (χ0v) is 15.8. The van der Waals surface area contributed by atoms with Crippen molar-refractivity contribution in [1.82, 2.24) is 25.0 Å². The first-order valence-corrected chi connectivity index (χ1v) is 9.23. The molecule has 142 valence electrons. The number of amides is 1. The molecular formula is C20H25N5O2. The molecule has 7 heteroatoms. The first kappa shape index (κ1) is 18.8. The van der Waals surface area contributed by atoms with Crippen molar-refractivity contribution >= 4 is 5.91 Å². The van der Waals surface area contributed by atoms with Crippen molar-refractivity contribution in [1.29, 1.82) is 0 Å². The number of rotatable bonds is 9. The quantitative estimate of drug-likeness (QED) is 0.628. The van der Waals surface area contributed by atoms with Crippen LogP contribution in [0.3, 0.4) is 0 Å². The number of hydrogen-bond acceptors (Lipinski definition) is 5. The summed E-state index contributed by atoms with van der Waals surface area (Å²) in [4.78, 5) is 20.4. The van der Waals surface area contributed by atoms with E-state index in [-0.39, 0.29) is 11.8 Å². The van der Waals surface area contributed by atoms with E-state index in [1.807, 2.05) is 36.7 Å². The van der Waals surface area contributed by atoms with Gasteiger partial charge in [0.05, 0.1) is 6.33 Å². The number of carbonyl (C=O) groups excluding carboxylic acids is 1. The summed E-state index contributed by atoms with van der Waals surface area (Å²) < 4.78 is 7.21. The summed E-state index contributed by atoms with van der Waals surface area (Å²) in [5.41, 5.74) is 2.28. The Kier molecular flexibility index (Phi) is 6.35. The summed E-state index contributed by atoms with van der Waals surface area (Å²) in [6.45, 7) is 5.36. The zero-order valence-electron chi connectivity index (χ0n) is 15.8. The van der Waals surface area contributed by atoms with Crippen LogP contribution in [-0.2, 0) is 24.3 Å². The highest BCUT2D eigenvalue weighted by molar-refractivity contribution is 5.75. The van der Waals surface area contributed by atoms with Gasteiger partial charge in [0.15, 0.2) is 5.82 Å². The second-order valence-corrected chi connectivity index (χ2v) is 6.88. The monoisotopic (exact) mass is 367 g/mol. The highest BCUT2D eigenvalue weighted by Gasteiger charge is 2.10. The van der Waals surface area contributed by atoms with Crippen LogP contribution in [0, 0.1) is 0 Å². The Morgan fingerprint density at radius 3 is 2.67 bits per heavy atom. The minimum absolute atomic E-state index is 0.0288. The summed E-state index contributed by atoms with van der Waals surface area (Å²) in [5.74, 6) is 1.59. The third-order valence-corrected chi connectivity index (χ3v) is 4.23. The molecule has 2 heterocycles. The van der Waals surface area contributed by atoms with Crippen molar-refractivity contribution in [3.8, 4) is 0 Å². The Morgan fingerprint density at radius 1 is 1.22 bits per heavy atom. The summed E-state index contributed by atoms with van der Waals surface area (Å²) >= 11 is 0. The van der Waals surface area contributed by atoms with Crippen molar-refractivity contribution in [2.45, 2.75) is 52.1 Å². The molecule has 0 saturated heterocycles. The maximum atomic E-state index is 12.0. The van der Waals surface area contributed by atoms with Crippen LogP contribution in [0.25, 0.3) is 0 Å². The lowest BCUT2D eigenvalue weighted by molar-refractivity contribution is -0.121. The van der Waals surface area contributed by atoms with E-state index in [0.29, 0.717) is 37.5 Å². The van der Waals surface area contributed by atoms with Gasteiger partial charge in [0.1, 0.15) is 0 Å². The molecule has 0 radical (unpaired) electrons. The summed E-state index contributed by atoms with van der Waals surface area (Å²) in [5, 5.41) is 6.88. The van der Waals surface area contributed by atoms with Crippen LogP contribution in [-0.4, -0.2) is 25.6 Å². The molecule has 0 atom stereocenters. The summed E-state index contributed by atoms with van der Waals surface area (Å²) in [7, 11) is 0. The lowest BCUT2D eigenvalue weighted by Gasteiger charge is -2.07. The molecule has 0 saturated carbocycles. The van der Waals surface area contributed by atoms with Crippen LogP contribution in [0.2, 0.25) is 0 Å². The molecule has 0 aliphatic carbocycles. The number of aryl methyl sites for hydroxylation is 1. The number of aromatic nitrogens is 4. The van der Waals surface area contributed by atoms with Gasteiger partial charge in [-0.05, 0) is 17.5 Å². The van der Waals surface area contributed by atoms with E-state index in [4.69, 9.17) is 4.52 Å². The third kappa shape index (κ3) is 5.77. The fraction of sp³-hybridized carbons (Fsp3) is 0.400. The molecule has 0 unspecified atom stereocenters. The molecular weight excluding hydrogens is 342 g/mol. The second-order valence-electron chi connectivity index (χ2n) is 6.88. The van der Waals surface area contributed by atoms with Crippen LogP contribution < -0.4 is 5.32 Å². The lowest BCUT2D eigenvalue weighted by atomic mass is 10.1. The molecule has 0 aliphatic rings. The number of imidazole rings is 1. The van der Waals surface area contributed by atoms with Gasteiger partial charge in [-0.2, -0.15) is 4.98 Å². The fourth-order valence-electron chi connectivity index (χ4n) is 2.65. The van der Waals surface area contributed by atoms with Gasteiger partial charge in [0.25, 0.3) is 0 Å². The van der Waals surface area contributed by atoms with Crippen LogP contribution >= 0.6 is 0 Å². The third-order valence-electron chi connectivity index (χ3n) is 4.23. The number of carbonyl (C=O) groups is 1. The molecule has 7 nitrogen and oxygen atoms in total. The average molecular weight is 367 g/mol. The summed E-state index contributed by atoms with van der Waals surface area (Å²) in [6.07, 6.45) is 7.26. The van der Waals surface area contributed by atoms with Crippen molar-refractivity contribution in [2.75, 3.05) is 0 Å². The first-order valence-electron chi connectivity index (χ1n) is 9.23. The van der Waals surface area contributed by atoms with E-state index < -0.39 is 0 Å². The van der Waals surface area contributed by atoms with E-state index in [2.05, 4.69) is 32.6 Å². The Morgan fingerprint density at radius 2 is 2.00 bits per heavy atom. The normalized spacial score (nSPS) is 11.1. The Balaban J connectivity index is 1.37. The molecule has 0 fully saturated rings. The Bertz CT molecular complexity index is 838. The van der Waals surface area contributed by atoms with E-state index in [9.17, 15) is 4.79 Å². The van der Waals surface area contributed by atoms with Gasteiger partial charge in [-0.15, -0.1) is 0 Å². The molecule has 3 aromatic rings. The molecule has 0 spiro atoms. The predicted octanol–water partition coefficient (Wildman–Crippen LogP) is 3.08. The number of benzene rings is 1. The van der Waals surface area contributed by atoms with Gasteiger partial charge >= 0.3 is 0 Å². The van der Waals surface area contributed by atoms with Gasteiger partial charge < -0.3 is 14.4 Å². The number of hydrogen-bond donors (Lipinski definition) is 1. The zero-order chi connectivity index (χ0) is 19.1. The van der Waals surface area contributed by atoms with Crippen LogP contribution in [0.15, 0.2) is 47.5 Å². The van der Waals surface area contributed by atoms with Crippen LogP contribution in [0.5, 0.6) is 0 Å². The van der Waals surface area contributed by atoms with Gasteiger partial charge in [-0.3, -0.25) is 4.79 Å². The number of nitrogens with one attached hydrogen (secondary N) is 1. The molecule has 1 N–H and O–H groups in total. The Labute approximate surface area is 158 Å². The predicted molar refractivity (Wildman–Crippen MR) is 101 cm³/mol. The molecule has 2 aromatic heterocycles. The molecule has 27 heavy (non-hydrogen) atoms. The first-order chi connectivity index (χ1) is 13.1. The van der Waals surface area contributed by atoms with Crippen LogP contribution in [0.1, 0.15) is 55.4 Å². The molecule has 0 aliphatic heterocycles. The molecule has 0 bridgehead atoms. The highest BCUT2D eigenvalue weighted by atomic mass is 16.5. The average Bonchev–Trinajstić information content (AvgIpc) is 3.33. The van der Waals surface area contributed by atoms with E-state index >= 15 is 0 Å². The SMILES string of the molecule is CC(C)c1noc(CCCC(=O)NCc2ccc(Cn3ccnc3)cc2)n1. The van der Waals surface area contributed by atoms with Gasteiger partial charge in [0.2, 0.25) is 11.8 Å². The van der Waals surface area contributed by atoms with Gasteiger partial charge in [-0.1, -0.05) is 43.3 Å². The lowest BCUT2D eigenvalue weighted by Crippen LogP contribution is -2.22. The van der Waals surface area contributed by atoms with E-state index in [0.717, 1.165) is 12.1 Å². The second kappa shape index (κ2) is 9.12. The topological polar surface area (TPSA) is 85.8 Å². The number of nitrogens with zero attached hydrogens (tertiary/aromatic N) is 4. The minimum atomic E-state index is 0.0288. The largest absolute Gasteiger partial charge is 0.352 e. The van der Waals surface area contributed by atoms with Crippen molar-refractivity contribution < 1.29 is 9.32 Å². The van der Waals surface area contributed by atoms with Crippen molar-refractivity contribution in [3.63, 3.8) is 0 Å². The van der Waals surface area contributed by atoms with E-state index in [1.165, 1.54) is 5.56 Å². The highest BCUT2D eigenvalue weighted by Crippen LogP contribution is 2.11. The molecule has 3 rings (SSSR count). The molecule has 1 amide bonds. The minimum Gasteiger partial charge on any atom is -0.352 e. The van der Waals surface area contributed by atoms with Crippen molar-refractivity contribution in [2.24, 2.45) is 0 Å². The fourth-order valence-corrected chi connectivity index (χ4v) is 2.65.